The Bertz CT molecular complexity index is 379. The van der Waals surface area contributed by atoms with Crippen molar-refractivity contribution in [2.45, 2.75) is 38.4 Å². The van der Waals surface area contributed by atoms with Gasteiger partial charge in [-0.05, 0) is 29.9 Å². The minimum absolute atomic E-state index is 0.339. The van der Waals surface area contributed by atoms with Crippen molar-refractivity contribution in [3.05, 3.63) is 35.4 Å². The first kappa shape index (κ1) is 16.4. The third-order valence-electron chi connectivity index (χ3n) is 2.83. The molecule has 1 atom stereocenters. The molecule has 0 heterocycles. The maximum absolute atomic E-state index is 12.6. The molecule has 0 aromatic heterocycles. The number of hydrogen-bond acceptors (Lipinski definition) is 2. The number of hydrogen-bond donors (Lipinski definition) is 1. The molecule has 108 valence electrons. The lowest BCUT2D eigenvalue weighted by Gasteiger charge is -2.14. The van der Waals surface area contributed by atoms with Crippen LogP contribution in [0.25, 0.3) is 0 Å². The van der Waals surface area contributed by atoms with Gasteiger partial charge in [0.2, 0.25) is 0 Å². The molecule has 0 bridgehead atoms. The Morgan fingerprint density at radius 3 is 2.63 bits per heavy atom. The fourth-order valence-electron chi connectivity index (χ4n) is 1.71. The van der Waals surface area contributed by atoms with E-state index in [0.29, 0.717) is 11.3 Å². The molecule has 0 saturated carbocycles. The van der Waals surface area contributed by atoms with Crippen molar-refractivity contribution in [3.63, 3.8) is 0 Å². The standard InChI is InChI=1S/C14H20F3NS/c1-2-3-4-8-19-10-13(18)11-6-5-7-12(9-11)14(15,16)17/h5-7,9,13H,2-4,8,10,18H2,1H3. The van der Waals surface area contributed by atoms with Gasteiger partial charge in [-0.1, -0.05) is 31.9 Å². The summed E-state index contributed by atoms with van der Waals surface area (Å²) >= 11 is 1.70. The van der Waals surface area contributed by atoms with Crippen molar-refractivity contribution in [1.82, 2.24) is 0 Å². The lowest BCUT2D eigenvalue weighted by atomic mass is 10.1. The molecule has 0 spiro atoms. The molecular formula is C14H20F3NS. The molecule has 5 heteroatoms. The maximum atomic E-state index is 12.6. The molecule has 0 amide bonds. The van der Waals surface area contributed by atoms with Gasteiger partial charge in [0.15, 0.2) is 0 Å². The number of thioether (sulfide) groups is 1. The summed E-state index contributed by atoms with van der Waals surface area (Å²) in [5.41, 5.74) is 5.86. The van der Waals surface area contributed by atoms with Crippen LogP contribution in [0.15, 0.2) is 24.3 Å². The average Bonchev–Trinajstić information content (AvgIpc) is 2.37. The van der Waals surface area contributed by atoms with Crippen LogP contribution >= 0.6 is 11.8 Å². The predicted molar refractivity (Wildman–Crippen MR) is 75.2 cm³/mol. The predicted octanol–water partition coefficient (Wildman–Crippen LogP) is 4.63. The minimum atomic E-state index is -4.30. The Kier molecular flexibility index (Phi) is 6.72. The Balaban J connectivity index is 2.50. The van der Waals surface area contributed by atoms with E-state index in [9.17, 15) is 13.2 Å². The molecule has 19 heavy (non-hydrogen) atoms. The Morgan fingerprint density at radius 2 is 2.00 bits per heavy atom. The van der Waals surface area contributed by atoms with Gasteiger partial charge in [-0.15, -0.1) is 0 Å². The van der Waals surface area contributed by atoms with Crippen molar-refractivity contribution in [1.29, 1.82) is 0 Å². The van der Waals surface area contributed by atoms with Crippen LogP contribution in [0.5, 0.6) is 0 Å². The van der Waals surface area contributed by atoms with Gasteiger partial charge in [0.25, 0.3) is 0 Å². The van der Waals surface area contributed by atoms with E-state index in [4.69, 9.17) is 5.73 Å². The van der Waals surface area contributed by atoms with Crippen LogP contribution in [0, 0.1) is 0 Å². The molecule has 1 rings (SSSR count). The van der Waals surface area contributed by atoms with Gasteiger partial charge >= 0.3 is 6.18 Å². The van der Waals surface area contributed by atoms with Crippen molar-refractivity contribution < 1.29 is 13.2 Å². The molecule has 1 aromatic rings. The Labute approximate surface area is 116 Å². The van der Waals surface area contributed by atoms with E-state index < -0.39 is 11.7 Å². The van der Waals surface area contributed by atoms with Crippen molar-refractivity contribution in [3.8, 4) is 0 Å². The maximum Gasteiger partial charge on any atom is 0.416 e. The molecule has 0 radical (unpaired) electrons. The first-order chi connectivity index (χ1) is 8.95. The number of alkyl halides is 3. The first-order valence-corrected chi connectivity index (χ1v) is 7.61. The second-order valence-electron chi connectivity index (χ2n) is 4.51. The van der Waals surface area contributed by atoms with Crippen LogP contribution in [0.1, 0.15) is 43.4 Å². The van der Waals surface area contributed by atoms with Crippen LogP contribution in [0.4, 0.5) is 13.2 Å². The van der Waals surface area contributed by atoms with E-state index >= 15 is 0 Å². The lowest BCUT2D eigenvalue weighted by molar-refractivity contribution is -0.137. The zero-order valence-electron chi connectivity index (χ0n) is 11.0. The number of halogens is 3. The van der Waals surface area contributed by atoms with Crippen molar-refractivity contribution >= 4 is 11.8 Å². The molecule has 1 unspecified atom stereocenters. The van der Waals surface area contributed by atoms with Gasteiger partial charge in [0, 0.05) is 11.8 Å². The summed E-state index contributed by atoms with van der Waals surface area (Å²) in [5, 5.41) is 0. The molecule has 0 aliphatic heterocycles. The molecule has 0 aliphatic carbocycles. The van der Waals surface area contributed by atoms with Crippen LogP contribution in [-0.4, -0.2) is 11.5 Å². The number of unbranched alkanes of at least 4 members (excludes halogenated alkanes) is 2. The monoisotopic (exact) mass is 291 g/mol. The fourth-order valence-corrected chi connectivity index (χ4v) is 2.73. The molecule has 2 N–H and O–H groups in total. The second kappa shape index (κ2) is 7.80. The average molecular weight is 291 g/mol. The normalized spacial score (nSPS) is 13.5. The highest BCUT2D eigenvalue weighted by Gasteiger charge is 2.30. The minimum Gasteiger partial charge on any atom is -0.323 e. The van der Waals surface area contributed by atoms with Gasteiger partial charge in [0.05, 0.1) is 5.56 Å². The Hall–Kier alpha value is -0.680. The highest BCUT2D eigenvalue weighted by atomic mass is 32.2. The number of nitrogens with two attached hydrogens (primary N) is 1. The number of rotatable bonds is 7. The van der Waals surface area contributed by atoms with Gasteiger partial charge in [-0.25, -0.2) is 0 Å². The summed E-state index contributed by atoms with van der Waals surface area (Å²) in [7, 11) is 0. The zero-order chi connectivity index (χ0) is 14.3. The molecule has 0 saturated heterocycles. The fraction of sp³-hybridized carbons (Fsp3) is 0.571. The van der Waals surface area contributed by atoms with E-state index in [1.165, 1.54) is 18.9 Å². The van der Waals surface area contributed by atoms with Gasteiger partial charge in [-0.3, -0.25) is 0 Å². The number of benzene rings is 1. The van der Waals surface area contributed by atoms with E-state index in [-0.39, 0.29) is 6.04 Å². The molecular weight excluding hydrogens is 271 g/mol. The van der Waals surface area contributed by atoms with Crippen LogP contribution < -0.4 is 5.73 Å². The zero-order valence-corrected chi connectivity index (χ0v) is 11.9. The smallest absolute Gasteiger partial charge is 0.323 e. The van der Waals surface area contributed by atoms with Gasteiger partial charge in [0.1, 0.15) is 0 Å². The van der Waals surface area contributed by atoms with E-state index in [2.05, 4.69) is 6.92 Å². The summed E-state index contributed by atoms with van der Waals surface area (Å²) in [6.45, 7) is 2.14. The van der Waals surface area contributed by atoms with Crippen molar-refractivity contribution in [2.24, 2.45) is 5.73 Å². The van der Waals surface area contributed by atoms with E-state index in [0.717, 1.165) is 24.3 Å². The SMILES string of the molecule is CCCCCSCC(N)c1cccc(C(F)(F)F)c1. The summed E-state index contributed by atoms with van der Waals surface area (Å²) in [5.74, 6) is 1.67. The first-order valence-electron chi connectivity index (χ1n) is 6.45. The highest BCUT2D eigenvalue weighted by molar-refractivity contribution is 7.99. The summed E-state index contributed by atoms with van der Waals surface area (Å²) in [6.07, 6.45) is -0.813. The molecule has 1 aromatic carbocycles. The van der Waals surface area contributed by atoms with E-state index in [1.54, 1.807) is 17.8 Å². The highest BCUT2D eigenvalue weighted by Crippen LogP contribution is 2.30. The van der Waals surface area contributed by atoms with Gasteiger partial charge < -0.3 is 5.73 Å². The lowest BCUT2D eigenvalue weighted by Crippen LogP contribution is -2.15. The third-order valence-corrected chi connectivity index (χ3v) is 4.00. The van der Waals surface area contributed by atoms with E-state index in [1.807, 2.05) is 0 Å². The van der Waals surface area contributed by atoms with Crippen LogP contribution in [0.2, 0.25) is 0 Å². The topological polar surface area (TPSA) is 26.0 Å². The quantitative estimate of drug-likeness (QED) is 0.741. The Morgan fingerprint density at radius 1 is 1.26 bits per heavy atom. The summed E-state index contributed by atoms with van der Waals surface area (Å²) < 4.78 is 37.7. The van der Waals surface area contributed by atoms with Crippen LogP contribution in [0.3, 0.4) is 0 Å². The summed E-state index contributed by atoms with van der Waals surface area (Å²) in [6, 6.07) is 4.96. The molecule has 0 fully saturated rings. The van der Waals surface area contributed by atoms with Crippen LogP contribution in [-0.2, 0) is 6.18 Å². The summed E-state index contributed by atoms with van der Waals surface area (Å²) in [4.78, 5) is 0. The molecule has 0 aliphatic rings. The second-order valence-corrected chi connectivity index (χ2v) is 5.66. The van der Waals surface area contributed by atoms with Gasteiger partial charge in [-0.2, -0.15) is 24.9 Å². The van der Waals surface area contributed by atoms with Crippen molar-refractivity contribution in [2.75, 3.05) is 11.5 Å². The molecule has 1 nitrogen and oxygen atoms in total. The third kappa shape index (κ3) is 5.87. The largest absolute Gasteiger partial charge is 0.416 e.